The fraction of sp³-hybridized carbons (Fsp3) is 0.611. The molecule has 0 saturated carbocycles. The minimum absolute atomic E-state index is 0.198. The maximum absolute atomic E-state index is 12.6. The molecule has 0 spiro atoms. The number of amides is 3. The van der Waals surface area contributed by atoms with E-state index in [0.717, 1.165) is 6.42 Å². The van der Waals surface area contributed by atoms with E-state index in [1.807, 2.05) is 20.8 Å². The number of hydrogen-bond acceptors (Lipinski definition) is 5. The van der Waals surface area contributed by atoms with Crippen LogP contribution in [0.15, 0.2) is 12.3 Å². The number of H-pyrrole nitrogens is 1. The average molecular weight is 380 g/mol. The molecule has 1 aromatic heterocycles. The lowest BCUT2D eigenvalue weighted by Crippen LogP contribution is -2.57. The highest BCUT2D eigenvalue weighted by atomic mass is 16.6. The van der Waals surface area contributed by atoms with Crippen molar-refractivity contribution in [3.8, 4) is 0 Å². The molecule has 0 unspecified atom stereocenters. The van der Waals surface area contributed by atoms with Crippen LogP contribution in [0, 0.1) is 0 Å². The highest BCUT2D eigenvalue weighted by molar-refractivity contribution is 5.98. The zero-order valence-corrected chi connectivity index (χ0v) is 16.3. The van der Waals surface area contributed by atoms with Gasteiger partial charge in [-0.05, 0) is 39.7 Å². The van der Waals surface area contributed by atoms with Gasteiger partial charge in [-0.2, -0.15) is 0 Å². The van der Waals surface area contributed by atoms with Crippen LogP contribution in [0.2, 0.25) is 0 Å². The smallest absolute Gasteiger partial charge is 0.410 e. The minimum atomic E-state index is -0.689. The van der Waals surface area contributed by atoms with E-state index in [9.17, 15) is 14.4 Å². The van der Waals surface area contributed by atoms with Gasteiger partial charge in [0.25, 0.3) is 5.91 Å². The summed E-state index contributed by atoms with van der Waals surface area (Å²) in [6.07, 6.45) is 2.41. The van der Waals surface area contributed by atoms with Gasteiger partial charge in [-0.3, -0.25) is 14.5 Å². The summed E-state index contributed by atoms with van der Waals surface area (Å²) in [4.78, 5) is 40.6. The van der Waals surface area contributed by atoms with Crippen molar-refractivity contribution in [1.82, 2.24) is 15.2 Å². The summed E-state index contributed by atoms with van der Waals surface area (Å²) in [5.74, 6) is -1.01. The van der Waals surface area contributed by atoms with Crippen molar-refractivity contribution in [3.63, 3.8) is 0 Å². The molecule has 0 aromatic carbocycles. The van der Waals surface area contributed by atoms with Gasteiger partial charge in [0.1, 0.15) is 11.3 Å². The first-order chi connectivity index (χ1) is 12.6. The first kappa shape index (κ1) is 20.8. The van der Waals surface area contributed by atoms with Crippen molar-refractivity contribution in [2.75, 3.05) is 26.8 Å². The molecule has 150 valence electrons. The van der Waals surface area contributed by atoms with E-state index in [1.54, 1.807) is 12.0 Å². The van der Waals surface area contributed by atoms with Crippen molar-refractivity contribution in [2.45, 2.75) is 44.8 Å². The van der Waals surface area contributed by atoms with E-state index in [4.69, 9.17) is 15.2 Å². The molecule has 1 aromatic rings. The van der Waals surface area contributed by atoms with Gasteiger partial charge in [0.2, 0.25) is 5.91 Å². The van der Waals surface area contributed by atoms with Gasteiger partial charge in [0.15, 0.2) is 0 Å². The predicted octanol–water partition coefficient (Wildman–Crippen LogP) is 1.26. The molecule has 0 radical (unpaired) electrons. The third-order valence-electron chi connectivity index (χ3n) is 4.41. The average Bonchev–Trinajstić information content (AvgIpc) is 3.19. The fourth-order valence-corrected chi connectivity index (χ4v) is 3.20. The van der Waals surface area contributed by atoms with E-state index in [0.29, 0.717) is 13.0 Å². The second-order valence-corrected chi connectivity index (χ2v) is 7.74. The molecule has 3 amide bonds. The number of aromatic amines is 1. The van der Waals surface area contributed by atoms with E-state index < -0.39 is 29.0 Å². The number of ether oxygens (including phenoxy) is 2. The normalized spacial score (nSPS) is 19.8. The molecular formula is C18H28N4O5. The monoisotopic (exact) mass is 380 g/mol. The second kappa shape index (κ2) is 7.99. The Morgan fingerprint density at radius 1 is 1.37 bits per heavy atom. The van der Waals surface area contributed by atoms with E-state index in [-0.39, 0.29) is 24.4 Å². The second-order valence-electron chi connectivity index (χ2n) is 7.74. The third-order valence-corrected chi connectivity index (χ3v) is 4.41. The quantitative estimate of drug-likeness (QED) is 0.685. The van der Waals surface area contributed by atoms with Crippen LogP contribution < -0.4 is 11.1 Å². The molecule has 1 aliphatic heterocycles. The van der Waals surface area contributed by atoms with Crippen molar-refractivity contribution in [3.05, 3.63) is 23.5 Å². The largest absolute Gasteiger partial charge is 0.444 e. The Balaban J connectivity index is 2.11. The maximum atomic E-state index is 12.6. The lowest BCUT2D eigenvalue weighted by molar-refractivity contribution is -0.0104. The Bertz CT molecular complexity index is 709. The number of primary amides is 1. The first-order valence-corrected chi connectivity index (χ1v) is 8.84. The van der Waals surface area contributed by atoms with Crippen LogP contribution in [0.3, 0.4) is 0 Å². The molecule has 1 atom stereocenters. The Labute approximate surface area is 158 Å². The van der Waals surface area contributed by atoms with Crippen LogP contribution in [0.1, 0.15) is 54.5 Å². The van der Waals surface area contributed by atoms with Crippen LogP contribution in [-0.2, 0) is 9.47 Å². The summed E-state index contributed by atoms with van der Waals surface area (Å²) >= 11 is 0. The number of carbonyl (C=O) groups is 3. The zero-order chi connectivity index (χ0) is 20.2. The van der Waals surface area contributed by atoms with Gasteiger partial charge < -0.3 is 25.5 Å². The standard InChI is InChI=1S/C18H28N4O5/c1-17(2,3)27-16(25)22-7-5-6-18(22,11-26-4)10-21-15(24)13-8-12(9-20-13)14(19)23/h8-9,20H,5-7,10-11H2,1-4H3,(H2,19,23)(H,21,24)/t18-/m1/s1. The van der Waals surface area contributed by atoms with Crippen LogP contribution in [0.5, 0.6) is 0 Å². The van der Waals surface area contributed by atoms with Gasteiger partial charge >= 0.3 is 6.09 Å². The molecule has 27 heavy (non-hydrogen) atoms. The highest BCUT2D eigenvalue weighted by Crippen LogP contribution is 2.31. The molecule has 9 heteroatoms. The third kappa shape index (κ3) is 5.00. The Morgan fingerprint density at radius 3 is 2.63 bits per heavy atom. The van der Waals surface area contributed by atoms with Crippen molar-refractivity contribution in [1.29, 1.82) is 0 Å². The van der Waals surface area contributed by atoms with Crippen molar-refractivity contribution < 1.29 is 23.9 Å². The summed E-state index contributed by atoms with van der Waals surface area (Å²) in [6.45, 7) is 6.42. The molecule has 0 bridgehead atoms. The maximum Gasteiger partial charge on any atom is 0.410 e. The van der Waals surface area contributed by atoms with E-state index in [2.05, 4.69) is 10.3 Å². The number of nitrogens with zero attached hydrogens (tertiary/aromatic N) is 1. The molecule has 1 saturated heterocycles. The topological polar surface area (TPSA) is 127 Å². The highest BCUT2D eigenvalue weighted by Gasteiger charge is 2.45. The molecule has 9 nitrogen and oxygen atoms in total. The SMILES string of the molecule is COC[C@]1(CNC(=O)c2cc(C(N)=O)c[nH]2)CCCN1C(=O)OC(C)(C)C. The number of rotatable bonds is 6. The summed E-state index contributed by atoms with van der Waals surface area (Å²) in [5.41, 5.74) is 4.34. The van der Waals surface area contributed by atoms with Crippen molar-refractivity contribution in [2.24, 2.45) is 5.73 Å². The van der Waals surface area contributed by atoms with Gasteiger partial charge in [0.05, 0.1) is 17.7 Å². The fourth-order valence-electron chi connectivity index (χ4n) is 3.20. The lowest BCUT2D eigenvalue weighted by Gasteiger charge is -2.38. The summed E-state index contributed by atoms with van der Waals surface area (Å²) in [5, 5.41) is 2.81. The predicted molar refractivity (Wildman–Crippen MR) is 98.4 cm³/mol. The van der Waals surface area contributed by atoms with Gasteiger partial charge in [-0.15, -0.1) is 0 Å². The van der Waals surface area contributed by atoms with E-state index in [1.165, 1.54) is 12.3 Å². The number of carbonyl (C=O) groups excluding carboxylic acids is 3. The molecule has 2 rings (SSSR count). The Morgan fingerprint density at radius 2 is 2.07 bits per heavy atom. The number of likely N-dealkylation sites (tertiary alicyclic amines) is 1. The number of hydrogen-bond donors (Lipinski definition) is 3. The van der Waals surface area contributed by atoms with Gasteiger partial charge in [0, 0.05) is 26.4 Å². The van der Waals surface area contributed by atoms with Gasteiger partial charge in [-0.1, -0.05) is 0 Å². The Hall–Kier alpha value is -2.55. The van der Waals surface area contributed by atoms with Crippen LogP contribution >= 0.6 is 0 Å². The number of methoxy groups -OCH3 is 1. The molecule has 1 fully saturated rings. The number of nitrogens with one attached hydrogen (secondary N) is 2. The van der Waals surface area contributed by atoms with Crippen molar-refractivity contribution >= 4 is 17.9 Å². The molecular weight excluding hydrogens is 352 g/mol. The molecule has 2 heterocycles. The summed E-state index contributed by atoms with van der Waals surface area (Å²) < 4.78 is 10.8. The van der Waals surface area contributed by atoms with E-state index >= 15 is 0 Å². The number of nitrogens with two attached hydrogens (primary N) is 1. The van der Waals surface area contributed by atoms with Crippen LogP contribution in [0.4, 0.5) is 4.79 Å². The van der Waals surface area contributed by atoms with Gasteiger partial charge in [-0.25, -0.2) is 4.79 Å². The summed E-state index contributed by atoms with van der Waals surface area (Å²) in [7, 11) is 1.55. The minimum Gasteiger partial charge on any atom is -0.444 e. The first-order valence-electron chi connectivity index (χ1n) is 8.84. The Kier molecular flexibility index (Phi) is 6.15. The number of aromatic nitrogens is 1. The molecule has 1 aliphatic rings. The van der Waals surface area contributed by atoms with Crippen LogP contribution in [0.25, 0.3) is 0 Å². The lowest BCUT2D eigenvalue weighted by atomic mass is 9.97. The summed E-state index contributed by atoms with van der Waals surface area (Å²) in [6, 6.07) is 1.39. The van der Waals surface area contributed by atoms with Crippen LogP contribution in [-0.4, -0.2) is 65.7 Å². The molecule has 4 N–H and O–H groups in total. The molecule has 0 aliphatic carbocycles. The zero-order valence-electron chi connectivity index (χ0n) is 16.3.